The Morgan fingerprint density at radius 1 is 1.00 bits per heavy atom. The Hall–Kier alpha value is -1.62. The molecule has 0 aromatic heterocycles. The van der Waals surface area contributed by atoms with Gasteiger partial charge in [-0.05, 0) is 52.3 Å². The van der Waals surface area contributed by atoms with Crippen molar-refractivity contribution in [1.82, 2.24) is 0 Å². The van der Waals surface area contributed by atoms with Gasteiger partial charge in [-0.1, -0.05) is 0 Å². The van der Waals surface area contributed by atoms with Gasteiger partial charge in [0.05, 0.1) is 11.4 Å². The highest BCUT2D eigenvalue weighted by Crippen LogP contribution is 2.28. The predicted octanol–water partition coefficient (Wildman–Crippen LogP) is 4.05. The van der Waals surface area contributed by atoms with Gasteiger partial charge in [-0.2, -0.15) is 0 Å². The SMILES string of the molecule is Nc1ccc(Nc2cc(F)ccc2Br)c(F)c1. The summed E-state index contributed by atoms with van der Waals surface area (Å²) in [5.41, 5.74) is 6.47. The lowest BCUT2D eigenvalue weighted by molar-refractivity contribution is 0.626. The van der Waals surface area contributed by atoms with Crippen LogP contribution in [-0.2, 0) is 0 Å². The molecule has 2 aromatic carbocycles. The van der Waals surface area contributed by atoms with E-state index in [0.29, 0.717) is 15.8 Å². The van der Waals surface area contributed by atoms with Crippen molar-refractivity contribution in [1.29, 1.82) is 0 Å². The van der Waals surface area contributed by atoms with Crippen LogP contribution in [0.2, 0.25) is 0 Å². The first kappa shape index (κ1) is 11.9. The average molecular weight is 299 g/mol. The highest BCUT2D eigenvalue weighted by atomic mass is 79.9. The second-order valence-corrected chi connectivity index (χ2v) is 4.34. The van der Waals surface area contributed by atoms with E-state index in [2.05, 4.69) is 21.2 Å². The maximum Gasteiger partial charge on any atom is 0.148 e. The van der Waals surface area contributed by atoms with E-state index < -0.39 is 11.6 Å². The molecular formula is C12H9BrF2N2. The van der Waals surface area contributed by atoms with Crippen molar-refractivity contribution in [2.75, 3.05) is 11.1 Å². The van der Waals surface area contributed by atoms with Crippen LogP contribution in [0.3, 0.4) is 0 Å². The molecule has 0 atom stereocenters. The Labute approximate surface area is 106 Å². The molecule has 0 heterocycles. The van der Waals surface area contributed by atoms with E-state index in [1.807, 2.05) is 0 Å². The van der Waals surface area contributed by atoms with Crippen molar-refractivity contribution >= 4 is 33.0 Å². The van der Waals surface area contributed by atoms with Crippen LogP contribution < -0.4 is 11.1 Å². The van der Waals surface area contributed by atoms with Gasteiger partial charge < -0.3 is 11.1 Å². The van der Waals surface area contributed by atoms with Crippen molar-refractivity contribution in [3.05, 3.63) is 52.5 Å². The van der Waals surface area contributed by atoms with Crippen LogP contribution in [0.25, 0.3) is 0 Å². The van der Waals surface area contributed by atoms with Gasteiger partial charge >= 0.3 is 0 Å². The zero-order valence-corrected chi connectivity index (χ0v) is 10.3. The number of benzene rings is 2. The van der Waals surface area contributed by atoms with Crippen LogP contribution in [0.15, 0.2) is 40.9 Å². The van der Waals surface area contributed by atoms with Gasteiger partial charge in [-0.3, -0.25) is 0 Å². The molecule has 88 valence electrons. The Morgan fingerprint density at radius 3 is 2.47 bits per heavy atom. The number of hydrogen-bond acceptors (Lipinski definition) is 2. The van der Waals surface area contributed by atoms with Gasteiger partial charge in [-0.25, -0.2) is 8.78 Å². The Bertz CT molecular complexity index is 558. The molecular weight excluding hydrogens is 290 g/mol. The first-order valence-corrected chi connectivity index (χ1v) is 5.62. The van der Waals surface area contributed by atoms with E-state index in [-0.39, 0.29) is 5.69 Å². The summed E-state index contributed by atoms with van der Waals surface area (Å²) in [6.07, 6.45) is 0. The number of nitrogen functional groups attached to an aromatic ring is 1. The Morgan fingerprint density at radius 2 is 1.76 bits per heavy atom. The highest BCUT2D eigenvalue weighted by Gasteiger charge is 2.06. The maximum absolute atomic E-state index is 13.5. The van der Waals surface area contributed by atoms with Crippen molar-refractivity contribution in [2.45, 2.75) is 0 Å². The van der Waals surface area contributed by atoms with Gasteiger partial charge in [0.1, 0.15) is 11.6 Å². The van der Waals surface area contributed by atoms with Crippen LogP contribution in [0.5, 0.6) is 0 Å². The van der Waals surface area contributed by atoms with E-state index in [0.717, 1.165) is 0 Å². The molecule has 0 spiro atoms. The lowest BCUT2D eigenvalue weighted by atomic mass is 10.2. The number of anilines is 3. The van der Waals surface area contributed by atoms with Crippen LogP contribution in [0.1, 0.15) is 0 Å². The first-order chi connectivity index (χ1) is 8.06. The van der Waals surface area contributed by atoms with Gasteiger partial charge in [0.15, 0.2) is 0 Å². The molecule has 0 amide bonds. The van der Waals surface area contributed by atoms with Crippen LogP contribution in [-0.4, -0.2) is 0 Å². The largest absolute Gasteiger partial charge is 0.399 e. The molecule has 0 aliphatic rings. The average Bonchev–Trinajstić information content (AvgIpc) is 2.27. The minimum atomic E-state index is -0.485. The molecule has 2 aromatic rings. The second-order valence-electron chi connectivity index (χ2n) is 3.49. The Balaban J connectivity index is 2.34. The molecule has 2 nitrogen and oxygen atoms in total. The summed E-state index contributed by atoms with van der Waals surface area (Å²) in [4.78, 5) is 0. The lowest BCUT2D eigenvalue weighted by Crippen LogP contribution is -1.96. The molecule has 0 radical (unpaired) electrons. The molecule has 3 N–H and O–H groups in total. The number of rotatable bonds is 2. The fraction of sp³-hybridized carbons (Fsp3) is 0. The van der Waals surface area contributed by atoms with Gasteiger partial charge in [-0.15, -0.1) is 0 Å². The number of halogens is 3. The maximum atomic E-state index is 13.5. The number of nitrogens with one attached hydrogen (secondary N) is 1. The van der Waals surface area contributed by atoms with Crippen LogP contribution in [0.4, 0.5) is 25.8 Å². The summed E-state index contributed by atoms with van der Waals surface area (Å²) in [5.74, 6) is -0.882. The number of nitrogens with two attached hydrogens (primary N) is 1. The fourth-order valence-corrected chi connectivity index (χ4v) is 1.72. The summed E-state index contributed by atoms with van der Waals surface area (Å²) in [7, 11) is 0. The third kappa shape index (κ3) is 2.74. The molecule has 0 unspecified atom stereocenters. The van der Waals surface area contributed by atoms with Crippen molar-refractivity contribution < 1.29 is 8.78 Å². The molecule has 0 bridgehead atoms. The minimum absolute atomic E-state index is 0.241. The van der Waals surface area contributed by atoms with Crippen LogP contribution >= 0.6 is 15.9 Å². The predicted molar refractivity (Wildman–Crippen MR) is 68.2 cm³/mol. The van der Waals surface area contributed by atoms with Gasteiger partial charge in [0.25, 0.3) is 0 Å². The van der Waals surface area contributed by atoms with E-state index in [4.69, 9.17) is 5.73 Å². The molecule has 2 rings (SSSR count). The van der Waals surface area contributed by atoms with E-state index in [9.17, 15) is 8.78 Å². The molecule has 17 heavy (non-hydrogen) atoms. The van der Waals surface area contributed by atoms with E-state index in [1.54, 1.807) is 12.1 Å². The summed E-state index contributed by atoms with van der Waals surface area (Å²) in [6, 6.07) is 8.41. The monoisotopic (exact) mass is 298 g/mol. The number of hydrogen-bond donors (Lipinski definition) is 2. The normalized spacial score (nSPS) is 10.3. The molecule has 0 saturated carbocycles. The second kappa shape index (κ2) is 4.71. The topological polar surface area (TPSA) is 38.0 Å². The molecule has 0 aliphatic heterocycles. The summed E-state index contributed by atoms with van der Waals surface area (Å²) >= 11 is 3.25. The zero-order chi connectivity index (χ0) is 12.4. The smallest absolute Gasteiger partial charge is 0.148 e. The molecule has 0 aliphatic carbocycles. The zero-order valence-electron chi connectivity index (χ0n) is 8.68. The minimum Gasteiger partial charge on any atom is -0.399 e. The molecule has 5 heteroatoms. The van der Waals surface area contributed by atoms with Gasteiger partial charge in [0.2, 0.25) is 0 Å². The summed E-state index contributed by atoms with van der Waals surface area (Å²) in [5, 5.41) is 2.79. The van der Waals surface area contributed by atoms with E-state index >= 15 is 0 Å². The Kier molecular flexibility index (Phi) is 3.28. The summed E-state index contributed by atoms with van der Waals surface area (Å²) < 4.78 is 27.2. The molecule has 0 saturated heterocycles. The van der Waals surface area contributed by atoms with Crippen molar-refractivity contribution in [2.24, 2.45) is 0 Å². The van der Waals surface area contributed by atoms with Gasteiger partial charge in [0, 0.05) is 10.2 Å². The highest BCUT2D eigenvalue weighted by molar-refractivity contribution is 9.10. The van der Waals surface area contributed by atoms with Crippen molar-refractivity contribution in [3.8, 4) is 0 Å². The van der Waals surface area contributed by atoms with E-state index in [1.165, 1.54) is 24.3 Å². The first-order valence-electron chi connectivity index (χ1n) is 4.83. The standard InChI is InChI=1S/C12H9BrF2N2/c13-9-3-1-7(14)5-12(9)17-11-4-2-8(16)6-10(11)15/h1-6,17H,16H2. The lowest BCUT2D eigenvalue weighted by Gasteiger charge is -2.10. The third-order valence-electron chi connectivity index (χ3n) is 2.19. The quantitative estimate of drug-likeness (QED) is 0.821. The summed E-state index contributed by atoms with van der Waals surface area (Å²) in [6.45, 7) is 0. The van der Waals surface area contributed by atoms with Crippen molar-refractivity contribution in [3.63, 3.8) is 0 Å². The molecule has 0 fully saturated rings. The van der Waals surface area contributed by atoms with Crippen LogP contribution in [0, 0.1) is 11.6 Å². The fourth-order valence-electron chi connectivity index (χ4n) is 1.37. The third-order valence-corrected chi connectivity index (χ3v) is 2.88.